The second kappa shape index (κ2) is 10.3. The van der Waals surface area contributed by atoms with Gasteiger partial charge in [-0.05, 0) is 54.4 Å². The lowest BCUT2D eigenvalue weighted by molar-refractivity contribution is 0.0940. The van der Waals surface area contributed by atoms with Crippen LogP contribution in [0, 0.1) is 6.92 Å². The summed E-state index contributed by atoms with van der Waals surface area (Å²) in [6.07, 6.45) is 0. The Hall–Kier alpha value is -4.33. The molecule has 4 rings (SSSR count). The summed E-state index contributed by atoms with van der Waals surface area (Å²) in [5.74, 6) is 0.595. The van der Waals surface area contributed by atoms with Gasteiger partial charge in [0, 0.05) is 35.6 Å². The molecule has 0 spiro atoms. The number of hydrogen-bond donors (Lipinski definition) is 2. The highest BCUT2D eigenvalue weighted by molar-refractivity contribution is 6.05. The van der Waals surface area contributed by atoms with Crippen molar-refractivity contribution >= 4 is 28.4 Å². The number of amides is 2. The largest absolute Gasteiger partial charge is 0.493 e. The van der Waals surface area contributed by atoms with Crippen molar-refractivity contribution in [2.75, 3.05) is 26.1 Å². The highest BCUT2D eigenvalue weighted by atomic mass is 16.5. The number of rotatable bonds is 8. The first kappa shape index (κ1) is 25.8. The number of carbonyl (C=O) groups is 2. The van der Waals surface area contributed by atoms with E-state index >= 15 is 0 Å². The van der Waals surface area contributed by atoms with Gasteiger partial charge in [0.15, 0.2) is 17.2 Å². The molecule has 8 heteroatoms. The van der Waals surface area contributed by atoms with Crippen LogP contribution >= 0.6 is 0 Å². The monoisotopic (exact) mass is 500 g/mol. The molecule has 0 aliphatic carbocycles. The van der Waals surface area contributed by atoms with Crippen molar-refractivity contribution in [2.45, 2.75) is 26.2 Å². The Morgan fingerprint density at radius 1 is 0.946 bits per heavy atom. The second-order valence-corrected chi connectivity index (χ2v) is 9.61. The number of ether oxygens (including phenoxy) is 2. The summed E-state index contributed by atoms with van der Waals surface area (Å²) in [5.41, 5.74) is 4.20. The van der Waals surface area contributed by atoms with Gasteiger partial charge in [-0.3, -0.25) is 14.3 Å². The van der Waals surface area contributed by atoms with E-state index in [-0.39, 0.29) is 17.2 Å². The van der Waals surface area contributed by atoms with E-state index in [1.165, 1.54) is 7.11 Å². The molecule has 0 aliphatic rings. The van der Waals surface area contributed by atoms with Gasteiger partial charge in [-0.15, -0.1) is 0 Å². The van der Waals surface area contributed by atoms with Crippen molar-refractivity contribution < 1.29 is 19.1 Å². The standard InChI is InChI=1S/C29H32N4O4/c1-18-15-20(31-27(34)19-11-14-24(36-5)25(16-19)37-6)12-13-22(18)29(2,3)17-30-28(35)26-21-9-7-8-10-23(21)33(4)32-26/h7-16H,17H2,1-6H3,(H,30,35)(H,31,34). The molecule has 4 aromatic rings. The smallest absolute Gasteiger partial charge is 0.272 e. The summed E-state index contributed by atoms with van der Waals surface area (Å²) in [5, 5.41) is 11.2. The summed E-state index contributed by atoms with van der Waals surface area (Å²) in [7, 11) is 4.91. The molecule has 3 aromatic carbocycles. The molecular formula is C29H32N4O4. The van der Waals surface area contributed by atoms with Crippen LogP contribution in [0.5, 0.6) is 11.5 Å². The van der Waals surface area contributed by atoms with Crippen molar-refractivity contribution in [1.29, 1.82) is 0 Å². The van der Waals surface area contributed by atoms with Gasteiger partial charge in [-0.2, -0.15) is 5.10 Å². The molecule has 0 aliphatic heterocycles. The van der Waals surface area contributed by atoms with Crippen molar-refractivity contribution in [3.05, 3.63) is 83.0 Å². The van der Waals surface area contributed by atoms with Gasteiger partial charge in [0.05, 0.1) is 19.7 Å². The molecule has 0 saturated heterocycles. The molecule has 8 nitrogen and oxygen atoms in total. The molecule has 2 amide bonds. The molecule has 0 radical (unpaired) electrons. The number of para-hydroxylation sites is 1. The number of fused-ring (bicyclic) bond motifs is 1. The van der Waals surface area contributed by atoms with Crippen LogP contribution < -0.4 is 20.1 Å². The number of carbonyl (C=O) groups excluding carboxylic acids is 2. The average Bonchev–Trinajstić information content (AvgIpc) is 3.23. The Kier molecular flexibility index (Phi) is 7.20. The van der Waals surface area contributed by atoms with Gasteiger partial charge < -0.3 is 20.1 Å². The van der Waals surface area contributed by atoms with E-state index < -0.39 is 0 Å². The number of anilines is 1. The Morgan fingerprint density at radius 2 is 1.68 bits per heavy atom. The quantitative estimate of drug-likeness (QED) is 0.360. The third-order valence-corrected chi connectivity index (χ3v) is 6.52. The number of nitrogens with zero attached hydrogens (tertiary/aromatic N) is 2. The van der Waals surface area contributed by atoms with Crippen molar-refractivity contribution in [3.8, 4) is 11.5 Å². The van der Waals surface area contributed by atoms with Crippen LogP contribution in [0.2, 0.25) is 0 Å². The Labute approximate surface area is 216 Å². The number of aromatic nitrogens is 2. The number of aryl methyl sites for hydroxylation is 2. The Morgan fingerprint density at radius 3 is 2.38 bits per heavy atom. The second-order valence-electron chi connectivity index (χ2n) is 9.61. The Bertz CT molecular complexity index is 1470. The zero-order valence-electron chi connectivity index (χ0n) is 22.0. The minimum atomic E-state index is -0.351. The zero-order chi connectivity index (χ0) is 26.7. The van der Waals surface area contributed by atoms with Crippen LogP contribution in [-0.2, 0) is 12.5 Å². The fourth-order valence-corrected chi connectivity index (χ4v) is 4.54. The topological polar surface area (TPSA) is 94.5 Å². The van der Waals surface area contributed by atoms with Crippen LogP contribution in [0.1, 0.15) is 45.8 Å². The first-order valence-electron chi connectivity index (χ1n) is 12.0. The molecule has 0 atom stereocenters. The van der Waals surface area contributed by atoms with E-state index in [1.54, 1.807) is 30.0 Å². The van der Waals surface area contributed by atoms with Gasteiger partial charge in [0.25, 0.3) is 11.8 Å². The third-order valence-electron chi connectivity index (χ3n) is 6.52. The van der Waals surface area contributed by atoms with Crippen LogP contribution in [0.25, 0.3) is 10.9 Å². The molecule has 0 bridgehead atoms. The van der Waals surface area contributed by atoms with Gasteiger partial charge in [0.2, 0.25) is 0 Å². The molecule has 2 N–H and O–H groups in total. The highest BCUT2D eigenvalue weighted by Crippen LogP contribution is 2.30. The average molecular weight is 501 g/mol. The number of hydrogen-bond acceptors (Lipinski definition) is 5. The summed E-state index contributed by atoms with van der Waals surface area (Å²) >= 11 is 0. The fourth-order valence-electron chi connectivity index (χ4n) is 4.54. The van der Waals surface area contributed by atoms with E-state index in [0.717, 1.165) is 22.0 Å². The lowest BCUT2D eigenvalue weighted by Crippen LogP contribution is -2.37. The van der Waals surface area contributed by atoms with Gasteiger partial charge in [-0.1, -0.05) is 38.1 Å². The van der Waals surface area contributed by atoms with Crippen LogP contribution in [0.4, 0.5) is 5.69 Å². The van der Waals surface area contributed by atoms with Crippen LogP contribution in [0.3, 0.4) is 0 Å². The number of nitrogens with one attached hydrogen (secondary N) is 2. The molecule has 0 unspecified atom stereocenters. The van der Waals surface area contributed by atoms with Crippen molar-refractivity contribution in [1.82, 2.24) is 15.1 Å². The first-order chi connectivity index (χ1) is 17.6. The summed E-state index contributed by atoms with van der Waals surface area (Å²) in [6, 6.07) is 18.5. The van der Waals surface area contributed by atoms with E-state index in [4.69, 9.17) is 9.47 Å². The van der Waals surface area contributed by atoms with Crippen molar-refractivity contribution in [3.63, 3.8) is 0 Å². The van der Waals surface area contributed by atoms with Crippen LogP contribution in [-0.4, -0.2) is 42.4 Å². The predicted octanol–water partition coefficient (Wildman–Crippen LogP) is 4.86. The Balaban J connectivity index is 1.46. The fraction of sp³-hybridized carbons (Fsp3) is 0.276. The highest BCUT2D eigenvalue weighted by Gasteiger charge is 2.25. The first-order valence-corrected chi connectivity index (χ1v) is 12.0. The molecule has 0 fully saturated rings. The minimum Gasteiger partial charge on any atom is -0.493 e. The lowest BCUT2D eigenvalue weighted by Gasteiger charge is -2.28. The maximum atomic E-state index is 13.0. The normalized spacial score (nSPS) is 11.3. The zero-order valence-corrected chi connectivity index (χ0v) is 22.0. The molecular weight excluding hydrogens is 468 g/mol. The predicted molar refractivity (Wildman–Crippen MR) is 145 cm³/mol. The van der Waals surface area contributed by atoms with Gasteiger partial charge in [-0.25, -0.2) is 0 Å². The SMILES string of the molecule is COc1ccc(C(=O)Nc2ccc(C(C)(C)CNC(=O)c3nn(C)c4ccccc34)c(C)c2)cc1OC. The van der Waals surface area contributed by atoms with Crippen molar-refractivity contribution in [2.24, 2.45) is 7.05 Å². The molecule has 1 heterocycles. The van der Waals surface area contributed by atoms with E-state index in [2.05, 4.69) is 29.6 Å². The van der Waals surface area contributed by atoms with Gasteiger partial charge in [0.1, 0.15) is 0 Å². The van der Waals surface area contributed by atoms with E-state index in [9.17, 15) is 9.59 Å². The van der Waals surface area contributed by atoms with E-state index in [1.807, 2.05) is 56.4 Å². The third kappa shape index (κ3) is 5.28. The number of methoxy groups -OCH3 is 2. The summed E-state index contributed by atoms with van der Waals surface area (Å²) in [4.78, 5) is 25.8. The maximum Gasteiger partial charge on any atom is 0.272 e. The summed E-state index contributed by atoms with van der Waals surface area (Å²) < 4.78 is 12.3. The lowest BCUT2D eigenvalue weighted by atomic mass is 9.81. The molecule has 192 valence electrons. The maximum absolute atomic E-state index is 13.0. The molecule has 37 heavy (non-hydrogen) atoms. The number of benzene rings is 3. The molecule has 0 saturated carbocycles. The van der Waals surface area contributed by atoms with Gasteiger partial charge >= 0.3 is 0 Å². The summed E-state index contributed by atoms with van der Waals surface area (Å²) in [6.45, 7) is 6.58. The van der Waals surface area contributed by atoms with Crippen LogP contribution in [0.15, 0.2) is 60.7 Å². The minimum absolute atomic E-state index is 0.207. The molecule has 1 aromatic heterocycles. The van der Waals surface area contributed by atoms with E-state index in [0.29, 0.717) is 35.0 Å².